The summed E-state index contributed by atoms with van der Waals surface area (Å²) in [5.41, 5.74) is -0.793. The lowest BCUT2D eigenvalue weighted by atomic mass is 9.67. The topological polar surface area (TPSA) is 69.7 Å². The van der Waals surface area contributed by atoms with Crippen LogP contribution in [0.25, 0.3) is 0 Å². The van der Waals surface area contributed by atoms with Gasteiger partial charge in [-0.3, -0.25) is 14.4 Å². The Morgan fingerprint density at radius 2 is 2.14 bits per heavy atom. The number of rotatable bonds is 1. The summed E-state index contributed by atoms with van der Waals surface area (Å²) < 4.78 is 10.9. The molecule has 5 nitrogen and oxygen atoms in total. The Morgan fingerprint density at radius 3 is 2.81 bits per heavy atom. The summed E-state index contributed by atoms with van der Waals surface area (Å²) in [6, 6.07) is 0. The molecule has 0 aromatic carbocycles. The number of hydrogen-bond acceptors (Lipinski definition) is 5. The van der Waals surface area contributed by atoms with Gasteiger partial charge in [0, 0.05) is 12.8 Å². The normalized spacial score (nSPS) is 44.8. The maximum Gasteiger partial charge on any atom is 0.306 e. The summed E-state index contributed by atoms with van der Waals surface area (Å²) in [6.45, 7) is 5.26. The van der Waals surface area contributed by atoms with Gasteiger partial charge < -0.3 is 9.47 Å². The molecule has 1 saturated carbocycles. The Balaban J connectivity index is 2.06. The van der Waals surface area contributed by atoms with E-state index in [-0.39, 0.29) is 42.0 Å². The van der Waals surface area contributed by atoms with Gasteiger partial charge in [0.25, 0.3) is 0 Å². The van der Waals surface area contributed by atoms with Crippen molar-refractivity contribution in [3.63, 3.8) is 0 Å². The summed E-state index contributed by atoms with van der Waals surface area (Å²) in [5, 5.41) is 0. The lowest BCUT2D eigenvalue weighted by Gasteiger charge is -2.39. The van der Waals surface area contributed by atoms with Crippen molar-refractivity contribution in [2.45, 2.75) is 45.8 Å². The van der Waals surface area contributed by atoms with Crippen molar-refractivity contribution in [3.8, 4) is 0 Å². The first-order chi connectivity index (χ1) is 9.84. The van der Waals surface area contributed by atoms with Gasteiger partial charge >= 0.3 is 11.9 Å². The summed E-state index contributed by atoms with van der Waals surface area (Å²) in [7, 11) is 0. The smallest absolute Gasteiger partial charge is 0.306 e. The molecule has 0 spiro atoms. The third-order valence-corrected chi connectivity index (χ3v) is 5.33. The lowest BCUT2D eigenvalue weighted by Crippen LogP contribution is -2.48. The van der Waals surface area contributed by atoms with E-state index < -0.39 is 17.5 Å². The van der Waals surface area contributed by atoms with E-state index in [9.17, 15) is 14.4 Å². The minimum absolute atomic E-state index is 0.0126. The number of esters is 2. The monoisotopic (exact) mass is 292 g/mol. The molecule has 3 rings (SSSR count). The summed E-state index contributed by atoms with van der Waals surface area (Å²) in [5.74, 6) is -0.745. The van der Waals surface area contributed by atoms with Gasteiger partial charge in [0.2, 0.25) is 0 Å². The molecule has 1 aliphatic heterocycles. The molecule has 5 heteroatoms. The Kier molecular flexibility index (Phi) is 3.19. The maximum absolute atomic E-state index is 12.5. The first-order valence-corrected chi connectivity index (χ1v) is 7.43. The van der Waals surface area contributed by atoms with Gasteiger partial charge in [-0.1, -0.05) is 13.0 Å². The van der Waals surface area contributed by atoms with E-state index in [0.717, 1.165) is 0 Å². The predicted octanol–water partition coefficient (Wildman–Crippen LogP) is 1.65. The van der Waals surface area contributed by atoms with E-state index in [2.05, 4.69) is 6.92 Å². The number of hydrogen-bond donors (Lipinski definition) is 0. The van der Waals surface area contributed by atoms with E-state index in [1.54, 1.807) is 6.08 Å². The zero-order valence-corrected chi connectivity index (χ0v) is 12.5. The number of carbonyl (C=O) groups excluding carboxylic acids is 3. The molecule has 2 fully saturated rings. The first-order valence-electron chi connectivity index (χ1n) is 7.43. The third kappa shape index (κ3) is 2.01. The highest BCUT2D eigenvalue weighted by atomic mass is 16.6. The Morgan fingerprint density at radius 1 is 1.43 bits per heavy atom. The molecule has 0 bridgehead atoms. The fourth-order valence-electron chi connectivity index (χ4n) is 4.34. The van der Waals surface area contributed by atoms with Crippen LogP contribution < -0.4 is 0 Å². The quantitative estimate of drug-likeness (QED) is 0.687. The van der Waals surface area contributed by atoms with E-state index in [4.69, 9.17) is 9.47 Å². The molecule has 1 heterocycles. The Hall–Kier alpha value is -1.65. The molecule has 0 aromatic heterocycles. The highest BCUT2D eigenvalue weighted by molar-refractivity contribution is 5.98. The number of carbonyl (C=O) groups is 3. The predicted molar refractivity (Wildman–Crippen MR) is 73.1 cm³/mol. The second-order valence-electron chi connectivity index (χ2n) is 6.67. The average molecular weight is 292 g/mol. The van der Waals surface area contributed by atoms with Gasteiger partial charge in [-0.25, -0.2) is 0 Å². The van der Waals surface area contributed by atoms with Gasteiger partial charge in [0.05, 0.1) is 11.8 Å². The highest BCUT2D eigenvalue weighted by Gasteiger charge is 2.60. The zero-order valence-electron chi connectivity index (χ0n) is 12.5. The van der Waals surface area contributed by atoms with Gasteiger partial charge in [0.15, 0.2) is 5.78 Å². The van der Waals surface area contributed by atoms with Crippen molar-refractivity contribution in [1.82, 2.24) is 0 Å². The van der Waals surface area contributed by atoms with Crippen molar-refractivity contribution >= 4 is 17.7 Å². The molecule has 0 N–H and O–H groups in total. The van der Waals surface area contributed by atoms with Crippen LogP contribution in [0, 0.1) is 23.2 Å². The van der Waals surface area contributed by atoms with Gasteiger partial charge in [-0.05, 0) is 31.3 Å². The van der Waals surface area contributed by atoms with E-state index in [1.165, 1.54) is 6.92 Å². The van der Waals surface area contributed by atoms with Crippen LogP contribution in [0.3, 0.4) is 0 Å². The first kappa shape index (κ1) is 14.3. The molecule has 21 heavy (non-hydrogen) atoms. The largest absolute Gasteiger partial charge is 0.462 e. The zero-order chi connectivity index (χ0) is 15.4. The number of allylic oxidation sites excluding steroid dienone is 2. The highest BCUT2D eigenvalue weighted by Crippen LogP contribution is 2.53. The SMILES string of the molecule is CC(=O)O[C@H]1C2CC(=O)OC2C[C@@H](C)C2C=CC(=O)[C@]21C. The fraction of sp³-hybridized carbons (Fsp3) is 0.688. The van der Waals surface area contributed by atoms with Gasteiger partial charge in [0.1, 0.15) is 12.2 Å². The van der Waals surface area contributed by atoms with Crippen molar-refractivity contribution in [3.05, 3.63) is 12.2 Å². The van der Waals surface area contributed by atoms with Crippen LogP contribution >= 0.6 is 0 Å². The van der Waals surface area contributed by atoms with Gasteiger partial charge in [-0.15, -0.1) is 0 Å². The van der Waals surface area contributed by atoms with Crippen molar-refractivity contribution in [2.24, 2.45) is 23.2 Å². The summed E-state index contributed by atoms with van der Waals surface area (Å²) >= 11 is 0. The van der Waals surface area contributed by atoms with Crippen molar-refractivity contribution < 1.29 is 23.9 Å². The second kappa shape index (κ2) is 4.68. The second-order valence-corrected chi connectivity index (χ2v) is 6.67. The molecular formula is C16H20O5. The minimum Gasteiger partial charge on any atom is -0.462 e. The molecular weight excluding hydrogens is 272 g/mol. The third-order valence-electron chi connectivity index (χ3n) is 5.33. The standard InChI is InChI=1S/C16H20O5/c1-8-6-12-10(7-14(19)21-12)15(20-9(2)17)16(3)11(8)4-5-13(16)18/h4-5,8,10-12,15H,6-7H2,1-3H3/t8-,10?,11?,12?,15+,16+/m1/s1. The van der Waals surface area contributed by atoms with Crippen LogP contribution in [0.5, 0.6) is 0 Å². The van der Waals surface area contributed by atoms with Crippen LogP contribution in [0.1, 0.15) is 33.6 Å². The fourth-order valence-corrected chi connectivity index (χ4v) is 4.34. The van der Waals surface area contributed by atoms with Crippen LogP contribution in [0.15, 0.2) is 12.2 Å². The summed E-state index contributed by atoms with van der Waals surface area (Å²) in [6.07, 6.45) is 3.56. The molecule has 0 radical (unpaired) electrons. The van der Waals surface area contributed by atoms with Crippen molar-refractivity contribution in [2.75, 3.05) is 0 Å². The van der Waals surface area contributed by atoms with Crippen LogP contribution in [-0.4, -0.2) is 29.9 Å². The number of ketones is 1. The molecule has 6 atom stereocenters. The van der Waals surface area contributed by atoms with E-state index in [1.807, 2.05) is 13.0 Å². The van der Waals surface area contributed by atoms with Gasteiger partial charge in [-0.2, -0.15) is 0 Å². The lowest BCUT2D eigenvalue weighted by molar-refractivity contribution is -0.163. The molecule has 1 saturated heterocycles. The molecule has 3 unspecified atom stereocenters. The molecule has 2 aliphatic carbocycles. The maximum atomic E-state index is 12.5. The Labute approximate surface area is 123 Å². The molecule has 114 valence electrons. The molecule has 0 aromatic rings. The summed E-state index contributed by atoms with van der Waals surface area (Å²) in [4.78, 5) is 35.7. The van der Waals surface area contributed by atoms with Crippen LogP contribution in [-0.2, 0) is 23.9 Å². The minimum atomic E-state index is -0.793. The number of ether oxygens (including phenoxy) is 2. The molecule has 3 aliphatic rings. The molecule has 0 amide bonds. The van der Waals surface area contributed by atoms with E-state index >= 15 is 0 Å². The van der Waals surface area contributed by atoms with E-state index in [0.29, 0.717) is 6.42 Å². The van der Waals surface area contributed by atoms with Crippen LogP contribution in [0.2, 0.25) is 0 Å². The average Bonchev–Trinajstić information content (AvgIpc) is 2.86. The number of fused-ring (bicyclic) bond motifs is 2. The van der Waals surface area contributed by atoms with Crippen molar-refractivity contribution in [1.29, 1.82) is 0 Å². The Bertz CT molecular complexity index is 537. The van der Waals surface area contributed by atoms with Crippen LogP contribution in [0.4, 0.5) is 0 Å².